The Labute approximate surface area is 98.4 Å². The van der Waals surface area contributed by atoms with Crippen LogP contribution in [0.3, 0.4) is 0 Å². The summed E-state index contributed by atoms with van der Waals surface area (Å²) >= 11 is 3.21. The molecule has 15 heavy (non-hydrogen) atoms. The van der Waals surface area contributed by atoms with E-state index >= 15 is 0 Å². The summed E-state index contributed by atoms with van der Waals surface area (Å²) in [5, 5.41) is 9.41. The van der Waals surface area contributed by atoms with Crippen molar-refractivity contribution in [1.82, 2.24) is 0 Å². The SMILES string of the molecule is CCCCCOc1cc(N)c(O)c(Br)c1. The Kier molecular flexibility index (Phi) is 4.75. The number of nitrogen functional groups attached to an aromatic ring is 1. The fraction of sp³-hybridized carbons (Fsp3) is 0.455. The third kappa shape index (κ3) is 3.63. The largest absolute Gasteiger partial charge is 0.505 e. The van der Waals surface area contributed by atoms with Gasteiger partial charge in [-0.1, -0.05) is 19.8 Å². The van der Waals surface area contributed by atoms with Crippen molar-refractivity contribution in [3.05, 3.63) is 16.6 Å². The molecule has 0 aliphatic rings. The maximum absolute atomic E-state index is 9.41. The molecule has 0 radical (unpaired) electrons. The van der Waals surface area contributed by atoms with Crippen LogP contribution >= 0.6 is 15.9 Å². The first-order valence-electron chi connectivity index (χ1n) is 5.06. The molecule has 0 aliphatic carbocycles. The van der Waals surface area contributed by atoms with E-state index in [9.17, 15) is 5.11 Å². The molecule has 84 valence electrons. The van der Waals surface area contributed by atoms with Crippen molar-refractivity contribution in [3.8, 4) is 11.5 Å². The topological polar surface area (TPSA) is 55.5 Å². The predicted octanol–water partition coefficient (Wildman–Crippen LogP) is 3.31. The zero-order valence-corrected chi connectivity index (χ0v) is 10.4. The lowest BCUT2D eigenvalue weighted by molar-refractivity contribution is 0.306. The number of ether oxygens (including phenoxy) is 1. The molecule has 0 bridgehead atoms. The van der Waals surface area contributed by atoms with Crippen LogP contribution in [-0.2, 0) is 0 Å². The number of hydrogen-bond acceptors (Lipinski definition) is 3. The van der Waals surface area contributed by atoms with Gasteiger partial charge in [-0.15, -0.1) is 0 Å². The Morgan fingerprint density at radius 3 is 2.73 bits per heavy atom. The van der Waals surface area contributed by atoms with E-state index in [4.69, 9.17) is 10.5 Å². The number of unbranched alkanes of at least 4 members (excludes halogenated alkanes) is 2. The van der Waals surface area contributed by atoms with Gasteiger partial charge in [0.25, 0.3) is 0 Å². The first-order chi connectivity index (χ1) is 7.15. The minimum Gasteiger partial charge on any atom is -0.505 e. The van der Waals surface area contributed by atoms with E-state index in [1.165, 1.54) is 6.42 Å². The van der Waals surface area contributed by atoms with Gasteiger partial charge in [0.2, 0.25) is 0 Å². The minimum atomic E-state index is 0.0657. The predicted molar refractivity (Wildman–Crippen MR) is 65.2 cm³/mol. The summed E-state index contributed by atoms with van der Waals surface area (Å²) in [6.07, 6.45) is 3.37. The third-order valence-corrected chi connectivity index (χ3v) is 2.69. The molecule has 0 aromatic heterocycles. The lowest BCUT2D eigenvalue weighted by atomic mass is 10.2. The number of anilines is 1. The zero-order chi connectivity index (χ0) is 11.3. The van der Waals surface area contributed by atoms with Crippen LogP contribution < -0.4 is 10.5 Å². The van der Waals surface area contributed by atoms with Crippen molar-refractivity contribution in [1.29, 1.82) is 0 Å². The zero-order valence-electron chi connectivity index (χ0n) is 8.79. The second-order valence-corrected chi connectivity index (χ2v) is 4.25. The highest BCUT2D eigenvalue weighted by molar-refractivity contribution is 9.10. The van der Waals surface area contributed by atoms with E-state index in [2.05, 4.69) is 22.9 Å². The molecule has 0 aliphatic heterocycles. The van der Waals surface area contributed by atoms with Crippen LogP contribution in [0.1, 0.15) is 26.2 Å². The lowest BCUT2D eigenvalue weighted by Gasteiger charge is -2.08. The summed E-state index contributed by atoms with van der Waals surface area (Å²) < 4.78 is 6.07. The number of rotatable bonds is 5. The van der Waals surface area contributed by atoms with Gasteiger partial charge in [0, 0.05) is 6.07 Å². The number of nitrogens with two attached hydrogens (primary N) is 1. The van der Waals surface area contributed by atoms with E-state index in [0.29, 0.717) is 22.5 Å². The Balaban J connectivity index is 2.55. The molecule has 0 fully saturated rings. The number of phenols is 1. The number of aromatic hydroxyl groups is 1. The van der Waals surface area contributed by atoms with Crippen LogP contribution in [0, 0.1) is 0 Å². The number of phenolic OH excluding ortho intramolecular Hbond substituents is 1. The Hall–Kier alpha value is -0.900. The second kappa shape index (κ2) is 5.85. The van der Waals surface area contributed by atoms with Crippen LogP contribution in [0.4, 0.5) is 5.69 Å². The molecule has 0 unspecified atom stereocenters. The highest BCUT2D eigenvalue weighted by atomic mass is 79.9. The van der Waals surface area contributed by atoms with E-state index in [1.807, 2.05) is 0 Å². The van der Waals surface area contributed by atoms with Gasteiger partial charge in [0.1, 0.15) is 5.75 Å². The molecule has 0 atom stereocenters. The van der Waals surface area contributed by atoms with E-state index < -0.39 is 0 Å². The van der Waals surface area contributed by atoms with Gasteiger partial charge in [-0.3, -0.25) is 0 Å². The van der Waals surface area contributed by atoms with Gasteiger partial charge in [0.15, 0.2) is 5.75 Å². The molecule has 1 aromatic carbocycles. The molecule has 3 N–H and O–H groups in total. The van der Waals surface area contributed by atoms with Gasteiger partial charge >= 0.3 is 0 Å². The molecule has 0 heterocycles. The molecule has 3 nitrogen and oxygen atoms in total. The number of hydrogen-bond donors (Lipinski definition) is 2. The molecule has 1 rings (SSSR count). The van der Waals surface area contributed by atoms with Crippen LogP contribution in [0.25, 0.3) is 0 Å². The number of halogens is 1. The average Bonchev–Trinajstić information content (AvgIpc) is 2.21. The van der Waals surface area contributed by atoms with Crippen LogP contribution in [0.2, 0.25) is 0 Å². The van der Waals surface area contributed by atoms with Gasteiger partial charge in [-0.2, -0.15) is 0 Å². The van der Waals surface area contributed by atoms with Crippen molar-refractivity contribution in [2.45, 2.75) is 26.2 Å². The smallest absolute Gasteiger partial charge is 0.152 e. The van der Waals surface area contributed by atoms with Crippen LogP contribution in [-0.4, -0.2) is 11.7 Å². The van der Waals surface area contributed by atoms with Crippen molar-refractivity contribution >= 4 is 21.6 Å². The highest BCUT2D eigenvalue weighted by Gasteiger charge is 2.05. The molecule has 1 aromatic rings. The summed E-state index contributed by atoms with van der Waals surface area (Å²) in [4.78, 5) is 0. The Morgan fingerprint density at radius 2 is 2.13 bits per heavy atom. The van der Waals surface area contributed by atoms with Crippen molar-refractivity contribution in [2.75, 3.05) is 12.3 Å². The fourth-order valence-electron chi connectivity index (χ4n) is 1.22. The lowest BCUT2D eigenvalue weighted by Crippen LogP contribution is -1.98. The maximum Gasteiger partial charge on any atom is 0.152 e. The standard InChI is InChI=1S/C11H16BrNO2/c1-2-3-4-5-15-8-6-9(12)11(14)10(13)7-8/h6-7,14H,2-5,13H2,1H3. The average molecular weight is 274 g/mol. The van der Waals surface area contributed by atoms with Gasteiger partial charge in [-0.25, -0.2) is 0 Å². The Bertz CT molecular complexity index is 305. The monoisotopic (exact) mass is 273 g/mol. The van der Waals surface area contributed by atoms with Crippen LogP contribution in [0.15, 0.2) is 16.6 Å². The molecule has 4 heteroatoms. The van der Waals surface area contributed by atoms with Crippen molar-refractivity contribution < 1.29 is 9.84 Å². The summed E-state index contributed by atoms with van der Waals surface area (Å²) in [5.74, 6) is 0.754. The van der Waals surface area contributed by atoms with Gasteiger partial charge in [0.05, 0.1) is 16.8 Å². The number of benzene rings is 1. The van der Waals surface area contributed by atoms with Gasteiger partial charge < -0.3 is 15.6 Å². The molecule has 0 spiro atoms. The molecular weight excluding hydrogens is 258 g/mol. The molecule has 0 amide bonds. The van der Waals surface area contributed by atoms with Crippen LogP contribution in [0.5, 0.6) is 11.5 Å². The van der Waals surface area contributed by atoms with E-state index in [-0.39, 0.29) is 5.75 Å². The van der Waals surface area contributed by atoms with Crippen molar-refractivity contribution in [2.24, 2.45) is 0 Å². The fourth-order valence-corrected chi connectivity index (χ4v) is 1.67. The maximum atomic E-state index is 9.41. The van der Waals surface area contributed by atoms with Crippen molar-refractivity contribution in [3.63, 3.8) is 0 Å². The summed E-state index contributed by atoms with van der Waals surface area (Å²) in [5.41, 5.74) is 5.92. The molecule has 0 saturated carbocycles. The Morgan fingerprint density at radius 1 is 1.40 bits per heavy atom. The van der Waals surface area contributed by atoms with Gasteiger partial charge in [-0.05, 0) is 28.4 Å². The quantitative estimate of drug-likeness (QED) is 0.492. The molecule has 0 saturated heterocycles. The first kappa shape index (κ1) is 12.2. The first-order valence-corrected chi connectivity index (χ1v) is 5.85. The van der Waals surface area contributed by atoms with E-state index in [1.54, 1.807) is 12.1 Å². The summed E-state index contributed by atoms with van der Waals surface area (Å²) in [6.45, 7) is 2.83. The highest BCUT2D eigenvalue weighted by Crippen LogP contribution is 2.34. The normalized spacial score (nSPS) is 10.3. The third-order valence-electron chi connectivity index (χ3n) is 2.08. The summed E-state index contributed by atoms with van der Waals surface area (Å²) in [6, 6.07) is 3.35. The van der Waals surface area contributed by atoms with E-state index in [0.717, 1.165) is 12.8 Å². The molecular formula is C11H16BrNO2. The summed E-state index contributed by atoms with van der Waals surface area (Å²) in [7, 11) is 0. The minimum absolute atomic E-state index is 0.0657. The second-order valence-electron chi connectivity index (χ2n) is 3.40.